The molecule has 5 heteroatoms. The minimum absolute atomic E-state index is 0.0252. The third kappa shape index (κ3) is 4.18. The predicted molar refractivity (Wildman–Crippen MR) is 55.5 cm³/mol. The van der Waals surface area contributed by atoms with Crippen molar-refractivity contribution in [3.05, 3.63) is 0 Å². The molecule has 15 heavy (non-hydrogen) atoms. The highest BCUT2D eigenvalue weighted by Crippen LogP contribution is 2.08. The molecule has 0 atom stereocenters. The standard InChI is InChI=1S/C10H18N2O3/c1-2-15-10(14)11-8-9(13)12-6-4-3-5-7-12/h2-8H2,1H3,(H,11,14). The Labute approximate surface area is 89.8 Å². The molecule has 86 valence electrons. The SMILES string of the molecule is CCOC(=O)NCC(=O)N1CCCCC1. The summed E-state index contributed by atoms with van der Waals surface area (Å²) in [6, 6.07) is 0. The zero-order valence-electron chi connectivity index (χ0n) is 9.12. The Morgan fingerprint density at radius 2 is 1.93 bits per heavy atom. The summed E-state index contributed by atoms with van der Waals surface area (Å²) in [7, 11) is 0. The van der Waals surface area contributed by atoms with Gasteiger partial charge in [-0.2, -0.15) is 0 Å². The maximum absolute atomic E-state index is 11.6. The van der Waals surface area contributed by atoms with Crippen LogP contribution in [0.5, 0.6) is 0 Å². The van der Waals surface area contributed by atoms with Gasteiger partial charge in [-0.15, -0.1) is 0 Å². The summed E-state index contributed by atoms with van der Waals surface area (Å²) in [5, 5.41) is 2.43. The van der Waals surface area contributed by atoms with E-state index in [1.165, 1.54) is 6.42 Å². The van der Waals surface area contributed by atoms with Gasteiger partial charge in [0.2, 0.25) is 5.91 Å². The van der Waals surface area contributed by atoms with E-state index in [4.69, 9.17) is 0 Å². The maximum Gasteiger partial charge on any atom is 0.407 e. The zero-order valence-corrected chi connectivity index (χ0v) is 9.12. The molecule has 0 aromatic heterocycles. The van der Waals surface area contributed by atoms with Gasteiger partial charge in [-0.3, -0.25) is 4.79 Å². The zero-order chi connectivity index (χ0) is 11.1. The largest absolute Gasteiger partial charge is 0.450 e. The molecule has 0 unspecified atom stereocenters. The van der Waals surface area contributed by atoms with Crippen molar-refractivity contribution < 1.29 is 14.3 Å². The highest BCUT2D eigenvalue weighted by Gasteiger charge is 2.16. The van der Waals surface area contributed by atoms with Gasteiger partial charge in [0.25, 0.3) is 0 Å². The summed E-state index contributed by atoms with van der Waals surface area (Å²) in [6.45, 7) is 3.71. The molecule has 0 radical (unpaired) electrons. The van der Waals surface area contributed by atoms with Gasteiger partial charge in [0.1, 0.15) is 6.54 Å². The van der Waals surface area contributed by atoms with Crippen molar-refractivity contribution in [2.75, 3.05) is 26.2 Å². The fraction of sp³-hybridized carbons (Fsp3) is 0.800. The van der Waals surface area contributed by atoms with E-state index in [2.05, 4.69) is 10.1 Å². The number of hydrogen-bond donors (Lipinski definition) is 1. The molecule has 2 amide bonds. The monoisotopic (exact) mass is 214 g/mol. The van der Waals surface area contributed by atoms with Gasteiger partial charge < -0.3 is 15.0 Å². The van der Waals surface area contributed by atoms with Crippen LogP contribution in [-0.4, -0.2) is 43.1 Å². The summed E-state index contributed by atoms with van der Waals surface area (Å²) >= 11 is 0. The molecule has 1 aliphatic rings. The van der Waals surface area contributed by atoms with Crippen LogP contribution in [0.1, 0.15) is 26.2 Å². The number of piperidine rings is 1. The first-order valence-electron chi connectivity index (χ1n) is 5.42. The lowest BCUT2D eigenvalue weighted by Crippen LogP contribution is -2.42. The molecule has 1 heterocycles. The molecular formula is C10H18N2O3. The molecule has 0 aromatic carbocycles. The van der Waals surface area contributed by atoms with E-state index >= 15 is 0 Å². The fourth-order valence-electron chi connectivity index (χ4n) is 1.59. The Morgan fingerprint density at radius 3 is 2.53 bits per heavy atom. The van der Waals surface area contributed by atoms with E-state index in [9.17, 15) is 9.59 Å². The van der Waals surface area contributed by atoms with Gasteiger partial charge in [0.05, 0.1) is 6.61 Å². The molecule has 1 N–H and O–H groups in total. The lowest BCUT2D eigenvalue weighted by Gasteiger charge is -2.26. The highest BCUT2D eigenvalue weighted by molar-refractivity contribution is 5.82. The van der Waals surface area contributed by atoms with Gasteiger partial charge >= 0.3 is 6.09 Å². The van der Waals surface area contributed by atoms with E-state index in [0.29, 0.717) is 6.61 Å². The minimum atomic E-state index is -0.525. The smallest absolute Gasteiger partial charge is 0.407 e. The number of nitrogens with zero attached hydrogens (tertiary/aromatic N) is 1. The summed E-state index contributed by atoms with van der Waals surface area (Å²) in [5.74, 6) is -0.0252. The first-order valence-corrected chi connectivity index (χ1v) is 5.42. The third-order valence-electron chi connectivity index (χ3n) is 2.37. The van der Waals surface area contributed by atoms with Crippen molar-refractivity contribution >= 4 is 12.0 Å². The number of amides is 2. The van der Waals surface area contributed by atoms with Crippen molar-refractivity contribution in [2.45, 2.75) is 26.2 Å². The van der Waals surface area contributed by atoms with Crippen molar-refractivity contribution in [3.63, 3.8) is 0 Å². The van der Waals surface area contributed by atoms with Crippen molar-refractivity contribution in [1.82, 2.24) is 10.2 Å². The number of likely N-dealkylation sites (tertiary alicyclic amines) is 1. The molecule has 5 nitrogen and oxygen atoms in total. The molecule has 0 aliphatic carbocycles. The van der Waals surface area contributed by atoms with E-state index in [0.717, 1.165) is 25.9 Å². The lowest BCUT2D eigenvalue weighted by molar-refractivity contribution is -0.131. The van der Waals surface area contributed by atoms with E-state index in [1.54, 1.807) is 11.8 Å². The molecule has 0 spiro atoms. The minimum Gasteiger partial charge on any atom is -0.450 e. The van der Waals surface area contributed by atoms with E-state index in [-0.39, 0.29) is 12.5 Å². The van der Waals surface area contributed by atoms with Crippen LogP contribution in [0.3, 0.4) is 0 Å². The van der Waals surface area contributed by atoms with Gasteiger partial charge in [0.15, 0.2) is 0 Å². The second-order valence-corrected chi connectivity index (χ2v) is 3.52. The number of carbonyl (C=O) groups is 2. The second-order valence-electron chi connectivity index (χ2n) is 3.52. The van der Waals surface area contributed by atoms with Crippen molar-refractivity contribution in [2.24, 2.45) is 0 Å². The van der Waals surface area contributed by atoms with Crippen molar-refractivity contribution in [1.29, 1.82) is 0 Å². The molecule has 0 aromatic rings. The van der Waals surface area contributed by atoms with Crippen LogP contribution in [0.15, 0.2) is 0 Å². The van der Waals surface area contributed by atoms with Crippen LogP contribution in [0, 0.1) is 0 Å². The first kappa shape index (κ1) is 11.8. The predicted octanol–water partition coefficient (Wildman–Crippen LogP) is 0.745. The van der Waals surface area contributed by atoms with Crippen LogP contribution in [0.4, 0.5) is 4.79 Å². The van der Waals surface area contributed by atoms with Gasteiger partial charge in [0, 0.05) is 13.1 Å². The number of rotatable bonds is 3. The molecule has 0 saturated carbocycles. The van der Waals surface area contributed by atoms with Crippen LogP contribution in [0.25, 0.3) is 0 Å². The quantitative estimate of drug-likeness (QED) is 0.754. The number of nitrogens with one attached hydrogen (secondary N) is 1. The Balaban J connectivity index is 2.19. The normalized spacial score (nSPS) is 15.9. The fourth-order valence-corrected chi connectivity index (χ4v) is 1.59. The lowest BCUT2D eigenvalue weighted by atomic mass is 10.1. The molecule has 1 aliphatic heterocycles. The third-order valence-corrected chi connectivity index (χ3v) is 2.37. The Bertz CT molecular complexity index is 225. The number of carbonyl (C=O) groups excluding carboxylic acids is 2. The number of hydrogen-bond acceptors (Lipinski definition) is 3. The average Bonchev–Trinajstić information content (AvgIpc) is 2.27. The Morgan fingerprint density at radius 1 is 1.27 bits per heavy atom. The first-order chi connectivity index (χ1) is 7.24. The summed E-state index contributed by atoms with van der Waals surface area (Å²) in [4.78, 5) is 24.3. The van der Waals surface area contributed by atoms with Gasteiger partial charge in [-0.1, -0.05) is 0 Å². The molecule has 1 fully saturated rings. The van der Waals surface area contributed by atoms with Crippen LogP contribution in [0.2, 0.25) is 0 Å². The van der Waals surface area contributed by atoms with Gasteiger partial charge in [-0.25, -0.2) is 4.79 Å². The average molecular weight is 214 g/mol. The van der Waals surface area contributed by atoms with E-state index < -0.39 is 6.09 Å². The van der Waals surface area contributed by atoms with Gasteiger partial charge in [-0.05, 0) is 26.2 Å². The maximum atomic E-state index is 11.6. The number of alkyl carbamates (subject to hydrolysis) is 1. The summed E-state index contributed by atoms with van der Waals surface area (Å²) in [5.41, 5.74) is 0. The van der Waals surface area contributed by atoms with Crippen molar-refractivity contribution in [3.8, 4) is 0 Å². The highest BCUT2D eigenvalue weighted by atomic mass is 16.5. The molecule has 1 saturated heterocycles. The van der Waals surface area contributed by atoms with E-state index in [1.807, 2.05) is 0 Å². The van der Waals surface area contributed by atoms with Crippen LogP contribution in [-0.2, 0) is 9.53 Å². The molecule has 0 bridgehead atoms. The number of ether oxygens (including phenoxy) is 1. The van der Waals surface area contributed by atoms with Crippen LogP contribution >= 0.6 is 0 Å². The Kier molecular flexibility index (Phi) is 4.93. The van der Waals surface area contributed by atoms with Crippen LogP contribution < -0.4 is 5.32 Å². The molecule has 1 rings (SSSR count). The Hall–Kier alpha value is -1.26. The molecular weight excluding hydrogens is 196 g/mol. The summed E-state index contributed by atoms with van der Waals surface area (Å²) < 4.78 is 4.66. The summed E-state index contributed by atoms with van der Waals surface area (Å²) in [6.07, 6.45) is 2.79. The second kappa shape index (κ2) is 6.27. The topological polar surface area (TPSA) is 58.6 Å².